The molecular weight excluding hydrogens is 269 g/mol. The van der Waals surface area contributed by atoms with Gasteiger partial charge in [-0.1, -0.05) is 18.2 Å². The van der Waals surface area contributed by atoms with Crippen LogP contribution in [0.25, 0.3) is 0 Å². The molecule has 3 N–H and O–H groups in total. The second kappa shape index (κ2) is 4.72. The van der Waals surface area contributed by atoms with Gasteiger partial charge in [-0.3, -0.25) is 0 Å². The minimum Gasteiger partial charge on any atom is -0.381 e. The van der Waals surface area contributed by atoms with E-state index in [1.165, 1.54) is 12.1 Å². The summed E-state index contributed by atoms with van der Waals surface area (Å²) in [4.78, 5) is 0. The van der Waals surface area contributed by atoms with Crippen molar-refractivity contribution in [2.75, 3.05) is 0 Å². The molecule has 2 nitrogen and oxygen atoms in total. The van der Waals surface area contributed by atoms with Crippen LogP contribution >= 0.6 is 0 Å². The Morgan fingerprint density at radius 1 is 1.11 bits per heavy atom. The molecule has 0 amide bonds. The van der Waals surface area contributed by atoms with E-state index in [1.807, 2.05) is 0 Å². The van der Waals surface area contributed by atoms with Gasteiger partial charge in [-0.15, -0.1) is 0 Å². The summed E-state index contributed by atoms with van der Waals surface area (Å²) >= 11 is 0. The van der Waals surface area contributed by atoms with Gasteiger partial charge < -0.3 is 10.8 Å². The summed E-state index contributed by atoms with van der Waals surface area (Å²) in [5.74, 6) is -0.939. The average Bonchev–Trinajstić information content (AvgIpc) is 2.26. The van der Waals surface area contributed by atoms with Gasteiger partial charge in [-0.25, -0.2) is 8.78 Å². The quantitative estimate of drug-likeness (QED) is 0.838. The molecular formula is C12H14F5NO. The van der Waals surface area contributed by atoms with Crippen molar-refractivity contribution in [1.29, 1.82) is 0 Å². The molecule has 3 atom stereocenters. The standard InChI is InChI=1S/C12H14F5NO/c1-10(14,9(19)12(15,16)17)11(2,18)7-5-3-4-6-8(7)13/h3-6,9,19H,18H2,1-2H3. The van der Waals surface area contributed by atoms with Gasteiger partial charge in [-0.05, 0) is 19.9 Å². The summed E-state index contributed by atoms with van der Waals surface area (Å²) in [5.41, 5.74) is -0.554. The Kier molecular flexibility index (Phi) is 3.93. The zero-order valence-corrected chi connectivity index (χ0v) is 10.3. The van der Waals surface area contributed by atoms with Crippen LogP contribution in [0.15, 0.2) is 24.3 Å². The highest BCUT2D eigenvalue weighted by atomic mass is 19.4. The summed E-state index contributed by atoms with van der Waals surface area (Å²) in [6, 6.07) is 4.65. The Balaban J connectivity index is 3.30. The molecule has 1 aromatic rings. The van der Waals surface area contributed by atoms with E-state index < -0.39 is 34.9 Å². The third kappa shape index (κ3) is 2.71. The van der Waals surface area contributed by atoms with Crippen LogP contribution < -0.4 is 5.73 Å². The molecule has 0 saturated carbocycles. The van der Waals surface area contributed by atoms with Crippen LogP contribution in [0.2, 0.25) is 0 Å². The average molecular weight is 283 g/mol. The lowest BCUT2D eigenvalue weighted by molar-refractivity contribution is -0.249. The first-order valence-corrected chi connectivity index (χ1v) is 5.40. The second-order valence-electron chi connectivity index (χ2n) is 4.70. The summed E-state index contributed by atoms with van der Waals surface area (Å²) in [5, 5.41) is 9.10. The number of alkyl halides is 4. The Hall–Kier alpha value is -1.21. The Morgan fingerprint density at radius 2 is 1.58 bits per heavy atom. The summed E-state index contributed by atoms with van der Waals surface area (Å²) in [6.45, 7) is 1.40. The number of hydrogen-bond donors (Lipinski definition) is 2. The molecule has 0 saturated heterocycles. The van der Waals surface area contributed by atoms with E-state index >= 15 is 0 Å². The molecule has 1 aromatic carbocycles. The van der Waals surface area contributed by atoms with Gasteiger partial charge in [0.15, 0.2) is 11.8 Å². The molecule has 1 rings (SSSR count). The first kappa shape index (κ1) is 15.8. The van der Waals surface area contributed by atoms with Gasteiger partial charge in [0.2, 0.25) is 0 Å². The lowest BCUT2D eigenvalue weighted by Gasteiger charge is -2.41. The maximum absolute atomic E-state index is 14.4. The minimum atomic E-state index is -5.20. The SMILES string of the molecule is CC(N)(c1ccccc1F)C(C)(F)C(O)C(F)(F)F. The summed E-state index contributed by atoms with van der Waals surface area (Å²) in [6.07, 6.45) is -8.52. The van der Waals surface area contributed by atoms with E-state index in [2.05, 4.69) is 0 Å². The predicted molar refractivity (Wildman–Crippen MR) is 59.5 cm³/mol. The molecule has 0 aromatic heterocycles. The van der Waals surface area contributed by atoms with Crippen LogP contribution in [-0.2, 0) is 5.54 Å². The zero-order valence-electron chi connectivity index (χ0n) is 10.3. The lowest BCUT2D eigenvalue weighted by Crippen LogP contribution is -2.61. The highest BCUT2D eigenvalue weighted by molar-refractivity contribution is 5.29. The molecule has 7 heteroatoms. The highest BCUT2D eigenvalue weighted by Crippen LogP contribution is 2.42. The maximum atomic E-state index is 14.4. The fourth-order valence-electron chi connectivity index (χ4n) is 1.74. The number of aliphatic hydroxyl groups excluding tert-OH is 1. The van der Waals surface area contributed by atoms with Crippen molar-refractivity contribution in [3.63, 3.8) is 0 Å². The highest BCUT2D eigenvalue weighted by Gasteiger charge is 2.59. The van der Waals surface area contributed by atoms with E-state index in [9.17, 15) is 22.0 Å². The predicted octanol–water partition coefficient (Wildman–Crippen LogP) is 2.65. The second-order valence-corrected chi connectivity index (χ2v) is 4.70. The molecule has 0 spiro atoms. The molecule has 0 bridgehead atoms. The Morgan fingerprint density at radius 3 is 2.00 bits per heavy atom. The van der Waals surface area contributed by atoms with Gasteiger partial charge in [0.05, 0.1) is 5.54 Å². The number of aliphatic hydroxyl groups is 1. The van der Waals surface area contributed by atoms with Crippen molar-refractivity contribution in [3.8, 4) is 0 Å². The van der Waals surface area contributed by atoms with Crippen molar-refractivity contribution in [3.05, 3.63) is 35.6 Å². The van der Waals surface area contributed by atoms with E-state index in [0.717, 1.165) is 19.1 Å². The fourth-order valence-corrected chi connectivity index (χ4v) is 1.74. The van der Waals surface area contributed by atoms with Crippen molar-refractivity contribution in [2.24, 2.45) is 5.73 Å². The van der Waals surface area contributed by atoms with E-state index in [-0.39, 0.29) is 0 Å². The molecule has 0 aliphatic heterocycles. The fraction of sp³-hybridized carbons (Fsp3) is 0.500. The Bertz CT molecular complexity index is 456. The number of rotatable bonds is 3. The molecule has 108 valence electrons. The third-order valence-electron chi connectivity index (χ3n) is 3.27. The van der Waals surface area contributed by atoms with Crippen molar-refractivity contribution >= 4 is 0 Å². The normalized spacial score (nSPS) is 20.5. The topological polar surface area (TPSA) is 46.2 Å². The third-order valence-corrected chi connectivity index (χ3v) is 3.27. The maximum Gasteiger partial charge on any atom is 0.417 e. The lowest BCUT2D eigenvalue weighted by atomic mass is 9.75. The summed E-state index contributed by atoms with van der Waals surface area (Å²) in [7, 11) is 0. The summed E-state index contributed by atoms with van der Waals surface area (Å²) < 4.78 is 65.3. The molecule has 0 fully saturated rings. The first-order valence-electron chi connectivity index (χ1n) is 5.40. The van der Waals surface area contributed by atoms with Gasteiger partial charge in [-0.2, -0.15) is 13.2 Å². The van der Waals surface area contributed by atoms with Crippen molar-refractivity contribution in [2.45, 2.75) is 37.3 Å². The van der Waals surface area contributed by atoms with Crippen LogP contribution in [-0.4, -0.2) is 23.1 Å². The van der Waals surface area contributed by atoms with E-state index in [0.29, 0.717) is 6.92 Å². The van der Waals surface area contributed by atoms with E-state index in [1.54, 1.807) is 0 Å². The van der Waals surface area contributed by atoms with Crippen LogP contribution in [0.3, 0.4) is 0 Å². The van der Waals surface area contributed by atoms with Crippen molar-refractivity contribution < 1.29 is 27.1 Å². The smallest absolute Gasteiger partial charge is 0.381 e. The molecule has 0 aliphatic rings. The molecule has 0 aliphatic carbocycles. The zero-order chi connectivity index (χ0) is 15.1. The van der Waals surface area contributed by atoms with Gasteiger partial charge in [0.25, 0.3) is 0 Å². The van der Waals surface area contributed by atoms with E-state index in [4.69, 9.17) is 10.8 Å². The molecule has 0 heterocycles. The van der Waals surface area contributed by atoms with Crippen molar-refractivity contribution in [1.82, 2.24) is 0 Å². The monoisotopic (exact) mass is 283 g/mol. The first-order chi connectivity index (χ1) is 8.42. The number of halogens is 5. The minimum absolute atomic E-state index is 0.441. The Labute approximate surface area is 107 Å². The van der Waals surface area contributed by atoms with Gasteiger partial charge in [0.1, 0.15) is 5.82 Å². The van der Waals surface area contributed by atoms with Crippen LogP contribution in [0.4, 0.5) is 22.0 Å². The van der Waals surface area contributed by atoms with Crippen LogP contribution in [0.1, 0.15) is 19.4 Å². The number of hydrogen-bond acceptors (Lipinski definition) is 2. The largest absolute Gasteiger partial charge is 0.417 e. The number of nitrogens with two attached hydrogens (primary N) is 1. The molecule has 19 heavy (non-hydrogen) atoms. The van der Waals surface area contributed by atoms with Gasteiger partial charge >= 0.3 is 6.18 Å². The molecule has 0 radical (unpaired) electrons. The number of benzene rings is 1. The van der Waals surface area contributed by atoms with Crippen LogP contribution in [0.5, 0.6) is 0 Å². The van der Waals surface area contributed by atoms with Gasteiger partial charge in [0, 0.05) is 5.56 Å². The molecule has 3 unspecified atom stereocenters. The van der Waals surface area contributed by atoms with Crippen LogP contribution in [0, 0.1) is 5.82 Å².